The van der Waals surface area contributed by atoms with Crippen molar-refractivity contribution in [3.05, 3.63) is 54.4 Å². The highest BCUT2D eigenvalue weighted by molar-refractivity contribution is 7.92. The van der Waals surface area contributed by atoms with E-state index in [9.17, 15) is 13.2 Å². The lowest BCUT2D eigenvalue weighted by Gasteiger charge is -2.27. The molecule has 7 heteroatoms. The van der Waals surface area contributed by atoms with Crippen LogP contribution in [0.15, 0.2) is 53.7 Å². The summed E-state index contributed by atoms with van der Waals surface area (Å²) in [7, 11) is -3.32. The van der Waals surface area contributed by atoms with E-state index in [4.69, 9.17) is 0 Å². The minimum Gasteiger partial charge on any atom is -0.334 e. The zero-order valence-corrected chi connectivity index (χ0v) is 16.9. The van der Waals surface area contributed by atoms with Crippen molar-refractivity contribution in [1.82, 2.24) is 10.3 Å². The van der Waals surface area contributed by atoms with Gasteiger partial charge in [0.2, 0.25) is 0 Å². The van der Waals surface area contributed by atoms with Gasteiger partial charge < -0.3 is 10.6 Å². The summed E-state index contributed by atoms with van der Waals surface area (Å²) in [4.78, 5) is 16.3. The molecule has 2 amide bonds. The van der Waals surface area contributed by atoms with Gasteiger partial charge >= 0.3 is 6.03 Å². The molecule has 0 saturated heterocycles. The molecule has 150 valence electrons. The van der Waals surface area contributed by atoms with Gasteiger partial charge in [0.1, 0.15) is 0 Å². The molecule has 1 fully saturated rings. The Kier molecular flexibility index (Phi) is 6.67. The quantitative estimate of drug-likeness (QED) is 0.761. The Morgan fingerprint density at radius 2 is 1.82 bits per heavy atom. The van der Waals surface area contributed by atoms with Crippen molar-refractivity contribution in [3.63, 3.8) is 0 Å². The molecule has 0 spiro atoms. The molecule has 1 heterocycles. The summed E-state index contributed by atoms with van der Waals surface area (Å²) >= 11 is 0. The van der Waals surface area contributed by atoms with Crippen LogP contribution in [0.4, 0.5) is 10.5 Å². The zero-order valence-electron chi connectivity index (χ0n) is 16.1. The Labute approximate surface area is 166 Å². The van der Waals surface area contributed by atoms with Crippen molar-refractivity contribution in [3.8, 4) is 0 Å². The van der Waals surface area contributed by atoms with Crippen molar-refractivity contribution in [2.45, 2.75) is 55.7 Å². The van der Waals surface area contributed by atoms with E-state index in [0.717, 1.165) is 37.7 Å². The van der Waals surface area contributed by atoms with E-state index in [0.29, 0.717) is 23.0 Å². The van der Waals surface area contributed by atoms with Crippen LogP contribution in [0.5, 0.6) is 0 Å². The fraction of sp³-hybridized carbons (Fsp3) is 0.429. The van der Waals surface area contributed by atoms with Crippen molar-refractivity contribution >= 4 is 21.6 Å². The number of nitrogens with one attached hydrogen (secondary N) is 2. The standard InChI is InChI=1S/C21H27N3O3S/c1-2-16-5-9-19(10-6-16)28(26,27)20-11-7-18(8-12-20)24-21(25)23-15-17-4-3-13-22-14-17/h3-4,7-8,11-14,16,19H,2,5-6,9-10,15H2,1H3,(H2,23,24,25). The lowest BCUT2D eigenvalue weighted by molar-refractivity contribution is 0.251. The van der Waals surface area contributed by atoms with Crippen LogP contribution in [-0.2, 0) is 16.4 Å². The maximum absolute atomic E-state index is 12.9. The zero-order chi connectivity index (χ0) is 20.0. The Balaban J connectivity index is 1.56. The molecule has 1 aromatic heterocycles. The number of nitrogens with zero attached hydrogens (tertiary/aromatic N) is 1. The van der Waals surface area contributed by atoms with E-state index in [1.54, 1.807) is 36.7 Å². The van der Waals surface area contributed by atoms with E-state index >= 15 is 0 Å². The molecule has 6 nitrogen and oxygen atoms in total. The van der Waals surface area contributed by atoms with Crippen LogP contribution < -0.4 is 10.6 Å². The molecule has 0 bridgehead atoms. The van der Waals surface area contributed by atoms with Crippen molar-refractivity contribution < 1.29 is 13.2 Å². The number of urea groups is 1. The summed E-state index contributed by atoms with van der Waals surface area (Å²) in [5.41, 5.74) is 1.45. The topological polar surface area (TPSA) is 88.2 Å². The van der Waals surface area contributed by atoms with Gasteiger partial charge in [0, 0.05) is 24.6 Å². The number of sulfone groups is 1. The van der Waals surface area contributed by atoms with Crippen LogP contribution in [0.25, 0.3) is 0 Å². The van der Waals surface area contributed by atoms with Gasteiger partial charge in [0.25, 0.3) is 0 Å². The number of rotatable bonds is 6. The third-order valence-electron chi connectivity index (χ3n) is 5.43. The Morgan fingerprint density at radius 1 is 1.11 bits per heavy atom. The molecule has 3 rings (SSSR count). The number of carbonyl (C=O) groups excluding carboxylic acids is 1. The summed E-state index contributed by atoms with van der Waals surface area (Å²) in [5, 5.41) is 5.17. The second kappa shape index (κ2) is 9.19. The second-order valence-corrected chi connectivity index (χ2v) is 9.52. The fourth-order valence-corrected chi connectivity index (χ4v) is 5.42. The Bertz CT molecular complexity index is 875. The second-order valence-electron chi connectivity index (χ2n) is 7.29. The number of hydrogen-bond donors (Lipinski definition) is 2. The minimum absolute atomic E-state index is 0.295. The molecular weight excluding hydrogens is 374 g/mol. The van der Waals surface area contributed by atoms with Crippen LogP contribution in [0.1, 0.15) is 44.6 Å². The average Bonchev–Trinajstić information content (AvgIpc) is 2.73. The lowest BCUT2D eigenvalue weighted by atomic mass is 9.87. The molecular formula is C21H27N3O3S. The first kappa shape index (κ1) is 20.3. The summed E-state index contributed by atoms with van der Waals surface area (Å²) in [6.45, 7) is 2.53. The first-order chi connectivity index (χ1) is 13.5. The molecule has 1 aromatic carbocycles. The number of hydrogen-bond acceptors (Lipinski definition) is 4. The number of amides is 2. The highest BCUT2D eigenvalue weighted by atomic mass is 32.2. The van der Waals surface area contributed by atoms with E-state index < -0.39 is 9.84 Å². The molecule has 0 radical (unpaired) electrons. The van der Waals surface area contributed by atoms with Gasteiger partial charge in [-0.05, 0) is 67.5 Å². The van der Waals surface area contributed by atoms with Gasteiger partial charge in [-0.15, -0.1) is 0 Å². The predicted molar refractivity (Wildman–Crippen MR) is 110 cm³/mol. The molecule has 1 aliphatic carbocycles. The molecule has 28 heavy (non-hydrogen) atoms. The Hall–Kier alpha value is -2.41. The molecule has 2 aromatic rings. The number of benzene rings is 1. The van der Waals surface area contributed by atoms with Crippen LogP contribution >= 0.6 is 0 Å². The summed E-state index contributed by atoms with van der Waals surface area (Å²) < 4.78 is 25.7. The van der Waals surface area contributed by atoms with Gasteiger partial charge in [0.05, 0.1) is 10.1 Å². The van der Waals surface area contributed by atoms with Crippen LogP contribution in [-0.4, -0.2) is 24.7 Å². The van der Waals surface area contributed by atoms with Gasteiger partial charge in [-0.2, -0.15) is 0 Å². The minimum atomic E-state index is -3.32. The molecule has 1 aliphatic rings. The predicted octanol–water partition coefficient (Wildman–Crippen LogP) is 4.15. The monoisotopic (exact) mass is 401 g/mol. The number of pyridine rings is 1. The summed E-state index contributed by atoms with van der Waals surface area (Å²) in [6.07, 6.45) is 7.92. The SMILES string of the molecule is CCC1CCC(S(=O)(=O)c2ccc(NC(=O)NCc3cccnc3)cc2)CC1. The fourth-order valence-electron chi connectivity index (χ4n) is 3.63. The Morgan fingerprint density at radius 3 is 2.43 bits per heavy atom. The first-order valence-corrected chi connectivity index (χ1v) is 11.3. The first-order valence-electron chi connectivity index (χ1n) is 9.76. The highest BCUT2D eigenvalue weighted by Crippen LogP contribution is 2.33. The number of aromatic nitrogens is 1. The third-order valence-corrected chi connectivity index (χ3v) is 7.70. The normalized spacial score (nSPS) is 19.8. The molecule has 2 N–H and O–H groups in total. The molecule has 1 saturated carbocycles. The molecule has 0 unspecified atom stereocenters. The summed E-state index contributed by atoms with van der Waals surface area (Å²) in [5.74, 6) is 0.656. The van der Waals surface area contributed by atoms with Crippen LogP contribution in [0.3, 0.4) is 0 Å². The molecule has 0 atom stereocenters. The van der Waals surface area contributed by atoms with Crippen molar-refractivity contribution in [2.75, 3.05) is 5.32 Å². The maximum atomic E-state index is 12.9. The van der Waals surface area contributed by atoms with E-state index in [-0.39, 0.29) is 11.3 Å². The average molecular weight is 402 g/mol. The highest BCUT2D eigenvalue weighted by Gasteiger charge is 2.31. The smallest absolute Gasteiger partial charge is 0.319 e. The largest absolute Gasteiger partial charge is 0.334 e. The van der Waals surface area contributed by atoms with Crippen molar-refractivity contribution in [2.24, 2.45) is 5.92 Å². The van der Waals surface area contributed by atoms with Gasteiger partial charge in [-0.3, -0.25) is 4.98 Å². The lowest BCUT2D eigenvalue weighted by Crippen LogP contribution is -2.28. The maximum Gasteiger partial charge on any atom is 0.319 e. The van der Waals surface area contributed by atoms with E-state index in [1.807, 2.05) is 12.1 Å². The molecule has 0 aliphatic heterocycles. The number of carbonyl (C=O) groups is 1. The van der Waals surface area contributed by atoms with Crippen molar-refractivity contribution in [1.29, 1.82) is 0 Å². The van der Waals surface area contributed by atoms with E-state index in [2.05, 4.69) is 22.5 Å². The van der Waals surface area contributed by atoms with E-state index in [1.165, 1.54) is 0 Å². The summed E-state index contributed by atoms with van der Waals surface area (Å²) in [6, 6.07) is 9.76. The third kappa shape index (κ3) is 5.10. The van der Waals surface area contributed by atoms with Gasteiger partial charge in [-0.1, -0.05) is 19.4 Å². The van der Waals surface area contributed by atoms with Gasteiger partial charge in [0.15, 0.2) is 9.84 Å². The number of anilines is 1. The van der Waals surface area contributed by atoms with Crippen LogP contribution in [0.2, 0.25) is 0 Å². The van der Waals surface area contributed by atoms with Crippen LogP contribution in [0, 0.1) is 5.92 Å². The van der Waals surface area contributed by atoms with Gasteiger partial charge in [-0.25, -0.2) is 13.2 Å².